The smallest absolute Gasteiger partial charge is 0.121 e. The summed E-state index contributed by atoms with van der Waals surface area (Å²) in [4.78, 5) is 0. The molecular formula is C12H21N3O2. The standard InChI is InChI=1S/C12H21N3O2/c1-9-12(15-17-14-9)7-13-6-10-4-2-3-5-11(10)8-16/h10-11,13,16H,2-8H2,1H3. The molecule has 0 aromatic carbocycles. The van der Waals surface area contributed by atoms with E-state index in [9.17, 15) is 5.11 Å². The molecular weight excluding hydrogens is 218 g/mol. The van der Waals surface area contributed by atoms with Crippen LogP contribution in [-0.4, -0.2) is 28.6 Å². The minimum atomic E-state index is 0.316. The van der Waals surface area contributed by atoms with Crippen molar-refractivity contribution in [2.24, 2.45) is 11.8 Å². The first-order valence-electron chi connectivity index (χ1n) is 6.41. The molecule has 2 atom stereocenters. The molecule has 5 heteroatoms. The molecule has 0 bridgehead atoms. The highest BCUT2D eigenvalue weighted by Gasteiger charge is 2.23. The number of nitrogens with zero attached hydrogens (tertiary/aromatic N) is 2. The monoisotopic (exact) mass is 239 g/mol. The van der Waals surface area contributed by atoms with Gasteiger partial charge in [-0.15, -0.1) is 0 Å². The third-order valence-corrected chi connectivity index (χ3v) is 3.75. The molecule has 2 N–H and O–H groups in total. The molecule has 0 saturated heterocycles. The fourth-order valence-electron chi connectivity index (χ4n) is 2.58. The van der Waals surface area contributed by atoms with Gasteiger partial charge in [0.05, 0.1) is 0 Å². The number of hydrogen-bond donors (Lipinski definition) is 2. The van der Waals surface area contributed by atoms with Gasteiger partial charge in [-0.1, -0.05) is 23.2 Å². The van der Waals surface area contributed by atoms with Gasteiger partial charge in [0.1, 0.15) is 11.4 Å². The van der Waals surface area contributed by atoms with Crippen LogP contribution in [0.5, 0.6) is 0 Å². The van der Waals surface area contributed by atoms with Gasteiger partial charge in [-0.2, -0.15) is 0 Å². The number of aryl methyl sites for hydroxylation is 1. The minimum Gasteiger partial charge on any atom is -0.396 e. The Morgan fingerprint density at radius 2 is 2.06 bits per heavy atom. The predicted molar refractivity (Wildman–Crippen MR) is 63.3 cm³/mol. The summed E-state index contributed by atoms with van der Waals surface area (Å²) in [6.45, 7) is 3.85. The van der Waals surface area contributed by atoms with Gasteiger partial charge in [-0.05, 0) is 38.1 Å². The summed E-state index contributed by atoms with van der Waals surface area (Å²) in [5, 5.41) is 20.3. The molecule has 1 aliphatic carbocycles. The number of hydrogen-bond acceptors (Lipinski definition) is 5. The van der Waals surface area contributed by atoms with Crippen LogP contribution in [0.2, 0.25) is 0 Å². The van der Waals surface area contributed by atoms with Gasteiger partial charge in [0.2, 0.25) is 0 Å². The van der Waals surface area contributed by atoms with Crippen LogP contribution >= 0.6 is 0 Å². The molecule has 2 rings (SSSR count). The van der Waals surface area contributed by atoms with Gasteiger partial charge in [-0.25, -0.2) is 4.63 Å². The van der Waals surface area contributed by atoms with Crippen molar-refractivity contribution >= 4 is 0 Å². The molecule has 96 valence electrons. The zero-order valence-electron chi connectivity index (χ0n) is 10.4. The van der Waals surface area contributed by atoms with Crippen molar-refractivity contribution < 1.29 is 9.74 Å². The molecule has 1 aromatic rings. The summed E-state index contributed by atoms with van der Waals surface area (Å²) in [5.41, 5.74) is 1.72. The van der Waals surface area contributed by atoms with Crippen LogP contribution < -0.4 is 5.32 Å². The van der Waals surface area contributed by atoms with Crippen LogP contribution in [0.1, 0.15) is 37.1 Å². The zero-order chi connectivity index (χ0) is 12.1. The first-order valence-corrected chi connectivity index (χ1v) is 6.41. The summed E-state index contributed by atoms with van der Waals surface area (Å²) in [6, 6.07) is 0. The molecule has 1 aliphatic rings. The fourth-order valence-corrected chi connectivity index (χ4v) is 2.58. The lowest BCUT2D eigenvalue weighted by Gasteiger charge is -2.30. The second-order valence-corrected chi connectivity index (χ2v) is 4.91. The lowest BCUT2D eigenvalue weighted by Crippen LogP contribution is -2.32. The van der Waals surface area contributed by atoms with E-state index >= 15 is 0 Å². The van der Waals surface area contributed by atoms with Crippen LogP contribution in [-0.2, 0) is 6.54 Å². The highest BCUT2D eigenvalue weighted by molar-refractivity contribution is 5.03. The van der Waals surface area contributed by atoms with Gasteiger partial charge in [0, 0.05) is 13.2 Å². The average Bonchev–Trinajstić information content (AvgIpc) is 2.76. The van der Waals surface area contributed by atoms with Crippen molar-refractivity contribution in [3.05, 3.63) is 11.4 Å². The second-order valence-electron chi connectivity index (χ2n) is 4.91. The maximum atomic E-state index is 9.32. The van der Waals surface area contributed by atoms with E-state index in [0.717, 1.165) is 24.4 Å². The number of nitrogens with one attached hydrogen (secondary N) is 1. The minimum absolute atomic E-state index is 0.316. The number of aromatic nitrogens is 2. The molecule has 5 nitrogen and oxygen atoms in total. The van der Waals surface area contributed by atoms with Crippen molar-refractivity contribution in [3.63, 3.8) is 0 Å². The van der Waals surface area contributed by atoms with Crippen molar-refractivity contribution in [3.8, 4) is 0 Å². The second kappa shape index (κ2) is 6.12. The van der Waals surface area contributed by atoms with Gasteiger partial charge in [0.25, 0.3) is 0 Å². The third-order valence-electron chi connectivity index (χ3n) is 3.75. The molecule has 0 spiro atoms. The highest BCUT2D eigenvalue weighted by Crippen LogP contribution is 2.29. The molecule has 0 amide bonds. The Bertz CT molecular complexity index is 340. The first kappa shape index (κ1) is 12.5. The first-order chi connectivity index (χ1) is 8.31. The van der Waals surface area contributed by atoms with E-state index < -0.39 is 0 Å². The normalized spacial score (nSPS) is 25.1. The van der Waals surface area contributed by atoms with Crippen molar-refractivity contribution in [2.45, 2.75) is 39.2 Å². The Kier molecular flexibility index (Phi) is 4.50. The van der Waals surface area contributed by atoms with Crippen LogP contribution in [0.3, 0.4) is 0 Å². The summed E-state index contributed by atoms with van der Waals surface area (Å²) >= 11 is 0. The molecule has 2 unspecified atom stereocenters. The SMILES string of the molecule is Cc1nonc1CNCC1CCCCC1CO. The van der Waals surface area contributed by atoms with Crippen molar-refractivity contribution in [1.82, 2.24) is 15.6 Å². The topological polar surface area (TPSA) is 71.2 Å². The van der Waals surface area contributed by atoms with E-state index in [1.54, 1.807) is 0 Å². The van der Waals surface area contributed by atoms with Gasteiger partial charge >= 0.3 is 0 Å². The molecule has 17 heavy (non-hydrogen) atoms. The number of rotatable bonds is 5. The number of aliphatic hydroxyl groups is 1. The molecule has 0 radical (unpaired) electrons. The lowest BCUT2D eigenvalue weighted by atomic mass is 9.79. The Morgan fingerprint density at radius 1 is 1.29 bits per heavy atom. The Balaban J connectivity index is 1.75. The molecule has 1 heterocycles. The van der Waals surface area contributed by atoms with E-state index in [0.29, 0.717) is 25.0 Å². The maximum Gasteiger partial charge on any atom is 0.121 e. The maximum absolute atomic E-state index is 9.32. The molecule has 0 aliphatic heterocycles. The summed E-state index contributed by atoms with van der Waals surface area (Å²) in [7, 11) is 0. The third kappa shape index (κ3) is 3.26. The van der Waals surface area contributed by atoms with E-state index in [2.05, 4.69) is 20.3 Å². The molecule has 1 saturated carbocycles. The summed E-state index contributed by atoms with van der Waals surface area (Å²) in [5.74, 6) is 1.06. The Morgan fingerprint density at radius 3 is 2.71 bits per heavy atom. The Labute approximate surface area is 102 Å². The largest absolute Gasteiger partial charge is 0.396 e. The quantitative estimate of drug-likeness (QED) is 0.809. The summed E-state index contributed by atoms with van der Waals surface area (Å²) in [6.07, 6.45) is 4.92. The van der Waals surface area contributed by atoms with Gasteiger partial charge in [0.15, 0.2) is 0 Å². The fraction of sp³-hybridized carbons (Fsp3) is 0.833. The van der Waals surface area contributed by atoms with E-state index in [1.165, 1.54) is 19.3 Å². The lowest BCUT2D eigenvalue weighted by molar-refractivity contribution is 0.133. The summed E-state index contributed by atoms with van der Waals surface area (Å²) < 4.78 is 4.65. The highest BCUT2D eigenvalue weighted by atomic mass is 16.6. The van der Waals surface area contributed by atoms with E-state index in [1.807, 2.05) is 6.92 Å². The molecule has 1 aromatic heterocycles. The van der Waals surface area contributed by atoms with Crippen LogP contribution in [0, 0.1) is 18.8 Å². The average molecular weight is 239 g/mol. The molecule has 1 fully saturated rings. The van der Waals surface area contributed by atoms with Crippen LogP contribution in [0.4, 0.5) is 0 Å². The van der Waals surface area contributed by atoms with Crippen LogP contribution in [0.15, 0.2) is 4.63 Å². The van der Waals surface area contributed by atoms with Gasteiger partial charge < -0.3 is 10.4 Å². The number of aliphatic hydroxyl groups excluding tert-OH is 1. The Hall–Kier alpha value is -0.940. The van der Waals surface area contributed by atoms with Crippen molar-refractivity contribution in [1.29, 1.82) is 0 Å². The van der Waals surface area contributed by atoms with Crippen LogP contribution in [0.25, 0.3) is 0 Å². The van der Waals surface area contributed by atoms with E-state index in [-0.39, 0.29) is 0 Å². The van der Waals surface area contributed by atoms with Crippen molar-refractivity contribution in [2.75, 3.05) is 13.2 Å². The zero-order valence-corrected chi connectivity index (χ0v) is 10.4. The van der Waals surface area contributed by atoms with E-state index in [4.69, 9.17) is 0 Å². The van der Waals surface area contributed by atoms with Gasteiger partial charge in [-0.3, -0.25) is 0 Å². The predicted octanol–water partition coefficient (Wildman–Crippen LogP) is 1.27.